The fourth-order valence-corrected chi connectivity index (χ4v) is 5.40. The third-order valence-corrected chi connectivity index (χ3v) is 6.92. The third-order valence-electron chi connectivity index (χ3n) is 6.92. The van der Waals surface area contributed by atoms with Crippen LogP contribution in [0.15, 0.2) is 84.9 Å². The Labute approximate surface area is 194 Å². The van der Waals surface area contributed by atoms with Gasteiger partial charge in [0.05, 0.1) is 0 Å². The van der Waals surface area contributed by atoms with E-state index in [4.69, 9.17) is 0 Å². The van der Waals surface area contributed by atoms with Gasteiger partial charge < -0.3 is 15.0 Å². The maximum Gasteiger partial charge on any atom is 0.352 e. The Bertz CT molecular complexity index is 1190. The topological polar surface area (TPSA) is 54.3 Å². The first-order valence-electron chi connectivity index (χ1n) is 11.9. The number of nitrogens with one attached hydrogen (secondary N) is 1. The minimum absolute atomic E-state index is 0.149. The van der Waals surface area contributed by atoms with Gasteiger partial charge in [-0.3, -0.25) is 0 Å². The fraction of sp³-hybridized carbons (Fsp3) is 0.276. The van der Waals surface area contributed by atoms with Crippen molar-refractivity contribution in [1.82, 2.24) is 9.88 Å². The van der Waals surface area contributed by atoms with E-state index in [1.54, 1.807) is 0 Å². The molecular weight excluding hydrogens is 408 g/mol. The molecule has 168 valence electrons. The van der Waals surface area contributed by atoms with Gasteiger partial charge in [-0.15, -0.1) is 0 Å². The maximum atomic E-state index is 12.8. The summed E-state index contributed by atoms with van der Waals surface area (Å²) in [4.78, 5) is 12.8. The number of aromatic nitrogens is 1. The second-order valence-corrected chi connectivity index (χ2v) is 8.99. The summed E-state index contributed by atoms with van der Waals surface area (Å²) in [5.41, 5.74) is 4.51. The molecule has 0 aliphatic carbocycles. The molecule has 3 aromatic carbocycles. The summed E-state index contributed by atoms with van der Waals surface area (Å²) in [6, 6.07) is 28.7. The lowest BCUT2D eigenvalue weighted by Crippen LogP contribution is -2.15. The van der Waals surface area contributed by atoms with Crippen LogP contribution < -0.4 is 5.32 Å². The van der Waals surface area contributed by atoms with Gasteiger partial charge in [-0.1, -0.05) is 78.9 Å². The Morgan fingerprint density at radius 2 is 1.58 bits per heavy atom. The molecule has 0 radical (unpaired) electrons. The summed E-state index contributed by atoms with van der Waals surface area (Å²) in [7, 11) is 0. The lowest BCUT2D eigenvalue weighted by atomic mass is 9.83. The first-order valence-corrected chi connectivity index (χ1v) is 11.9. The second-order valence-electron chi connectivity index (χ2n) is 8.99. The molecule has 1 fully saturated rings. The highest BCUT2D eigenvalue weighted by atomic mass is 16.4. The molecule has 1 unspecified atom stereocenters. The normalized spacial score (nSPS) is 16.0. The van der Waals surface area contributed by atoms with Crippen molar-refractivity contribution in [2.75, 3.05) is 13.1 Å². The molecule has 1 aromatic heterocycles. The molecule has 33 heavy (non-hydrogen) atoms. The summed E-state index contributed by atoms with van der Waals surface area (Å²) in [6.07, 6.45) is 3.31. The van der Waals surface area contributed by atoms with Crippen molar-refractivity contribution in [2.24, 2.45) is 5.92 Å². The monoisotopic (exact) mass is 438 g/mol. The van der Waals surface area contributed by atoms with Gasteiger partial charge in [0.15, 0.2) is 0 Å². The number of hydrogen-bond acceptors (Lipinski definition) is 2. The van der Waals surface area contributed by atoms with Gasteiger partial charge in [0.2, 0.25) is 0 Å². The summed E-state index contributed by atoms with van der Waals surface area (Å²) in [6.45, 7) is 2.89. The fourth-order valence-electron chi connectivity index (χ4n) is 5.40. The van der Waals surface area contributed by atoms with Crippen LogP contribution in [0.5, 0.6) is 0 Å². The Hall–Kier alpha value is -3.37. The Morgan fingerprint density at radius 1 is 0.939 bits per heavy atom. The van der Waals surface area contributed by atoms with Crippen LogP contribution in [0.3, 0.4) is 0 Å². The molecule has 0 amide bonds. The summed E-state index contributed by atoms with van der Waals surface area (Å²) >= 11 is 0. The van der Waals surface area contributed by atoms with Crippen LogP contribution >= 0.6 is 0 Å². The molecule has 4 heteroatoms. The zero-order chi connectivity index (χ0) is 22.6. The number of carboxylic acid groups (broad SMARTS) is 1. The van der Waals surface area contributed by atoms with Crippen LogP contribution in [-0.2, 0) is 6.54 Å². The van der Waals surface area contributed by atoms with E-state index < -0.39 is 5.97 Å². The van der Waals surface area contributed by atoms with Gasteiger partial charge in [0, 0.05) is 28.9 Å². The summed E-state index contributed by atoms with van der Waals surface area (Å²) in [5, 5.41) is 14.9. The largest absolute Gasteiger partial charge is 0.477 e. The Balaban J connectivity index is 1.66. The minimum atomic E-state index is -0.861. The molecule has 0 saturated carbocycles. The SMILES string of the molecule is O=C(O)c1c(C(c2ccccc2)c2ccccc2)c2ccccc2n1CCCC1CCNC1. The first-order chi connectivity index (χ1) is 16.2. The number of aryl methyl sites for hydroxylation is 1. The highest BCUT2D eigenvalue weighted by Crippen LogP contribution is 2.40. The van der Waals surface area contributed by atoms with E-state index in [1.807, 2.05) is 53.1 Å². The van der Waals surface area contributed by atoms with Crippen molar-refractivity contribution in [3.63, 3.8) is 0 Å². The second kappa shape index (κ2) is 9.63. The molecule has 4 nitrogen and oxygen atoms in total. The number of carbonyl (C=O) groups is 1. The van der Waals surface area contributed by atoms with Crippen molar-refractivity contribution in [1.29, 1.82) is 0 Å². The van der Waals surface area contributed by atoms with E-state index in [9.17, 15) is 9.90 Å². The molecule has 2 N–H and O–H groups in total. The highest BCUT2D eigenvalue weighted by Gasteiger charge is 2.30. The number of nitrogens with zero attached hydrogens (tertiary/aromatic N) is 1. The van der Waals surface area contributed by atoms with E-state index >= 15 is 0 Å². The van der Waals surface area contributed by atoms with Crippen molar-refractivity contribution >= 4 is 16.9 Å². The minimum Gasteiger partial charge on any atom is -0.477 e. The third kappa shape index (κ3) is 4.31. The maximum absolute atomic E-state index is 12.8. The van der Waals surface area contributed by atoms with Gasteiger partial charge in [0.25, 0.3) is 0 Å². The predicted octanol–water partition coefficient (Wildman–Crippen LogP) is 5.91. The van der Waals surface area contributed by atoms with Crippen LogP contribution in [0.4, 0.5) is 0 Å². The molecule has 0 spiro atoms. The molecule has 4 aromatic rings. The van der Waals surface area contributed by atoms with Crippen LogP contribution in [0, 0.1) is 5.92 Å². The number of benzene rings is 3. The zero-order valence-corrected chi connectivity index (χ0v) is 18.8. The van der Waals surface area contributed by atoms with Gasteiger partial charge >= 0.3 is 5.97 Å². The average Bonchev–Trinajstić information content (AvgIpc) is 3.48. The number of rotatable bonds is 8. The highest BCUT2D eigenvalue weighted by molar-refractivity contribution is 5.99. The number of fused-ring (bicyclic) bond motifs is 1. The molecule has 2 heterocycles. The summed E-state index contributed by atoms with van der Waals surface area (Å²) in [5.74, 6) is -0.315. The smallest absolute Gasteiger partial charge is 0.352 e. The Kier molecular flexibility index (Phi) is 6.27. The van der Waals surface area contributed by atoms with E-state index in [0.717, 1.165) is 60.1 Å². The van der Waals surface area contributed by atoms with E-state index in [0.29, 0.717) is 11.6 Å². The van der Waals surface area contributed by atoms with Crippen molar-refractivity contribution in [3.05, 3.63) is 107 Å². The molecule has 1 atom stereocenters. The molecular formula is C29H30N2O2. The lowest BCUT2D eigenvalue weighted by Gasteiger charge is -2.20. The number of carboxylic acids is 1. The molecule has 1 saturated heterocycles. The van der Waals surface area contributed by atoms with E-state index in [2.05, 4.69) is 41.7 Å². The van der Waals surface area contributed by atoms with Crippen molar-refractivity contribution in [3.8, 4) is 0 Å². The van der Waals surface area contributed by atoms with Crippen LogP contribution in [0.2, 0.25) is 0 Å². The molecule has 5 rings (SSSR count). The van der Waals surface area contributed by atoms with Crippen LogP contribution in [0.1, 0.15) is 52.4 Å². The van der Waals surface area contributed by atoms with Crippen molar-refractivity contribution in [2.45, 2.75) is 31.7 Å². The quantitative estimate of drug-likeness (QED) is 0.360. The van der Waals surface area contributed by atoms with Gasteiger partial charge in [-0.05, 0) is 55.5 Å². The number of aromatic carboxylic acids is 1. The van der Waals surface area contributed by atoms with Crippen LogP contribution in [-0.4, -0.2) is 28.7 Å². The van der Waals surface area contributed by atoms with Gasteiger partial charge in [0.1, 0.15) is 5.69 Å². The van der Waals surface area contributed by atoms with E-state index in [1.165, 1.54) is 6.42 Å². The average molecular weight is 439 g/mol. The first kappa shape index (κ1) is 21.5. The van der Waals surface area contributed by atoms with E-state index in [-0.39, 0.29) is 5.92 Å². The number of para-hydroxylation sites is 1. The van der Waals surface area contributed by atoms with Crippen molar-refractivity contribution < 1.29 is 9.90 Å². The standard InChI is InChI=1S/C29H30N2O2/c32-29(33)28-27(26(22-11-3-1-4-12-22)23-13-5-2-6-14-23)24-15-7-8-16-25(24)31(28)19-9-10-21-17-18-30-20-21/h1-8,11-16,21,26,30H,9-10,17-20H2,(H,32,33). The molecule has 1 aliphatic rings. The Morgan fingerprint density at radius 3 is 2.18 bits per heavy atom. The lowest BCUT2D eigenvalue weighted by molar-refractivity contribution is 0.0684. The van der Waals surface area contributed by atoms with Gasteiger partial charge in [-0.25, -0.2) is 4.79 Å². The molecule has 0 bridgehead atoms. The number of hydrogen-bond donors (Lipinski definition) is 2. The predicted molar refractivity (Wildman–Crippen MR) is 133 cm³/mol. The van der Waals surface area contributed by atoms with Crippen LogP contribution in [0.25, 0.3) is 10.9 Å². The van der Waals surface area contributed by atoms with Gasteiger partial charge in [-0.2, -0.15) is 0 Å². The zero-order valence-electron chi connectivity index (χ0n) is 18.8. The molecule has 1 aliphatic heterocycles. The summed E-state index contributed by atoms with van der Waals surface area (Å²) < 4.78 is 2.05.